The zero-order valence-corrected chi connectivity index (χ0v) is 15.6. The number of carbonyl (C=O) groups excluding carboxylic acids is 1. The van der Waals surface area contributed by atoms with E-state index in [1.54, 1.807) is 18.3 Å². The number of benzene rings is 1. The predicted molar refractivity (Wildman–Crippen MR) is 101 cm³/mol. The van der Waals surface area contributed by atoms with Gasteiger partial charge in [0.1, 0.15) is 0 Å². The summed E-state index contributed by atoms with van der Waals surface area (Å²) < 4.78 is 27.7. The summed E-state index contributed by atoms with van der Waals surface area (Å²) in [6, 6.07) is 10.1. The van der Waals surface area contributed by atoms with E-state index in [2.05, 4.69) is 14.6 Å². The molecule has 0 bridgehead atoms. The van der Waals surface area contributed by atoms with E-state index in [-0.39, 0.29) is 10.7 Å². The molecular formula is C19H23N3O3S. The van der Waals surface area contributed by atoms with Gasteiger partial charge in [0.05, 0.1) is 16.8 Å². The number of nitrogens with one attached hydrogen (secondary N) is 1. The van der Waals surface area contributed by atoms with Crippen LogP contribution in [0.5, 0.6) is 0 Å². The number of rotatable bonds is 6. The molecule has 0 aliphatic carbocycles. The summed E-state index contributed by atoms with van der Waals surface area (Å²) in [4.78, 5) is 18.0. The maximum atomic E-state index is 12.5. The monoisotopic (exact) mass is 373 g/mol. The zero-order chi connectivity index (χ0) is 18.6. The third-order valence-electron chi connectivity index (χ3n) is 4.74. The van der Waals surface area contributed by atoms with Crippen molar-refractivity contribution in [2.45, 2.75) is 24.7 Å². The fraction of sp³-hybridized carbons (Fsp3) is 0.368. The summed E-state index contributed by atoms with van der Waals surface area (Å²) in [5, 5.41) is 0. The Morgan fingerprint density at radius 2 is 2.00 bits per heavy atom. The molecule has 0 atom stereocenters. The number of aromatic nitrogens is 1. The fourth-order valence-corrected chi connectivity index (χ4v) is 4.29. The van der Waals surface area contributed by atoms with Gasteiger partial charge in [-0.1, -0.05) is 12.1 Å². The van der Waals surface area contributed by atoms with Gasteiger partial charge in [0.15, 0.2) is 5.78 Å². The van der Waals surface area contributed by atoms with Crippen LogP contribution in [0.25, 0.3) is 0 Å². The lowest BCUT2D eigenvalue weighted by atomic mass is 9.97. The van der Waals surface area contributed by atoms with Crippen LogP contribution >= 0.6 is 0 Å². The second kappa shape index (κ2) is 7.97. The van der Waals surface area contributed by atoms with Crippen molar-refractivity contribution in [3.05, 3.63) is 54.4 Å². The summed E-state index contributed by atoms with van der Waals surface area (Å²) in [6.07, 6.45) is 5.45. The second-order valence-corrected chi connectivity index (χ2v) is 8.34. The van der Waals surface area contributed by atoms with Crippen LogP contribution in [-0.2, 0) is 10.0 Å². The van der Waals surface area contributed by atoms with Crippen molar-refractivity contribution in [3.63, 3.8) is 0 Å². The number of pyridine rings is 1. The highest BCUT2D eigenvalue weighted by Gasteiger charge is 2.22. The Balaban J connectivity index is 1.56. The van der Waals surface area contributed by atoms with Gasteiger partial charge in [-0.05, 0) is 49.9 Å². The normalized spacial score (nSPS) is 15.8. The largest absolute Gasteiger partial charge is 0.370 e. The Morgan fingerprint density at radius 3 is 2.65 bits per heavy atom. The molecule has 0 saturated carbocycles. The van der Waals surface area contributed by atoms with Crippen molar-refractivity contribution in [1.29, 1.82) is 0 Å². The molecule has 2 aromatic rings. The lowest BCUT2D eigenvalue weighted by Gasteiger charge is -2.33. The molecule has 0 spiro atoms. The first-order valence-electron chi connectivity index (χ1n) is 8.71. The topological polar surface area (TPSA) is 79.4 Å². The number of Topliss-reactive ketones (excluding diaryl/α,β-unsaturated/α-hetero) is 1. The zero-order valence-electron chi connectivity index (χ0n) is 14.8. The first kappa shape index (κ1) is 18.5. The van der Waals surface area contributed by atoms with Gasteiger partial charge < -0.3 is 4.90 Å². The van der Waals surface area contributed by atoms with Crippen LogP contribution in [-0.4, -0.2) is 38.8 Å². The highest BCUT2D eigenvalue weighted by atomic mass is 32.2. The van der Waals surface area contributed by atoms with Crippen LogP contribution in [0.2, 0.25) is 0 Å². The minimum atomic E-state index is -3.61. The molecule has 0 unspecified atom stereocenters. The number of sulfonamides is 1. The maximum absolute atomic E-state index is 12.5. The molecule has 7 heteroatoms. The van der Waals surface area contributed by atoms with Gasteiger partial charge in [-0.15, -0.1) is 0 Å². The number of ketones is 1. The predicted octanol–water partition coefficient (Wildman–Crippen LogP) is 2.48. The van der Waals surface area contributed by atoms with E-state index in [0.29, 0.717) is 18.0 Å². The lowest BCUT2D eigenvalue weighted by molar-refractivity contribution is 0.101. The number of piperidine rings is 1. The van der Waals surface area contributed by atoms with Crippen LogP contribution in [0, 0.1) is 5.92 Å². The molecule has 26 heavy (non-hydrogen) atoms. The Bertz CT molecular complexity index is 861. The van der Waals surface area contributed by atoms with E-state index in [4.69, 9.17) is 0 Å². The van der Waals surface area contributed by atoms with Gasteiger partial charge in [-0.2, -0.15) is 0 Å². The highest BCUT2D eigenvalue weighted by molar-refractivity contribution is 7.89. The van der Waals surface area contributed by atoms with Gasteiger partial charge in [0.25, 0.3) is 0 Å². The van der Waals surface area contributed by atoms with Gasteiger partial charge in [-0.25, -0.2) is 13.1 Å². The number of carbonyl (C=O) groups is 1. The molecule has 0 radical (unpaired) electrons. The van der Waals surface area contributed by atoms with Crippen molar-refractivity contribution >= 4 is 21.5 Å². The number of nitrogens with zero attached hydrogens (tertiary/aromatic N) is 2. The van der Waals surface area contributed by atoms with E-state index < -0.39 is 10.0 Å². The third-order valence-corrected chi connectivity index (χ3v) is 6.16. The number of hydrogen-bond acceptors (Lipinski definition) is 5. The molecule has 1 aromatic heterocycles. The summed E-state index contributed by atoms with van der Waals surface area (Å²) in [7, 11) is -3.61. The van der Waals surface area contributed by atoms with Crippen molar-refractivity contribution in [2.75, 3.05) is 24.5 Å². The van der Waals surface area contributed by atoms with E-state index in [9.17, 15) is 13.2 Å². The lowest BCUT2D eigenvalue weighted by Crippen LogP contribution is -2.38. The van der Waals surface area contributed by atoms with E-state index in [1.165, 1.54) is 19.1 Å². The SMILES string of the molecule is CC(=O)c1cccc(S(=O)(=O)NCC2CCN(c3cccnc3)CC2)c1. The fourth-order valence-electron chi connectivity index (χ4n) is 3.13. The summed E-state index contributed by atoms with van der Waals surface area (Å²) >= 11 is 0. The summed E-state index contributed by atoms with van der Waals surface area (Å²) in [5.41, 5.74) is 1.50. The van der Waals surface area contributed by atoms with Crippen molar-refractivity contribution in [3.8, 4) is 0 Å². The number of anilines is 1. The summed E-state index contributed by atoms with van der Waals surface area (Å²) in [5.74, 6) is 0.151. The third kappa shape index (κ3) is 4.47. The Labute approximate surface area is 154 Å². The molecule has 6 nitrogen and oxygen atoms in total. The van der Waals surface area contributed by atoms with E-state index >= 15 is 0 Å². The van der Waals surface area contributed by atoms with Crippen molar-refractivity contribution in [1.82, 2.24) is 9.71 Å². The molecule has 3 rings (SSSR count). The second-order valence-electron chi connectivity index (χ2n) is 6.58. The molecule has 0 amide bonds. The molecule has 138 valence electrons. The average molecular weight is 373 g/mol. The molecule has 1 aliphatic rings. The molecule has 2 heterocycles. The Hall–Kier alpha value is -2.25. The molecule has 1 saturated heterocycles. The van der Waals surface area contributed by atoms with Gasteiger partial charge in [0, 0.05) is 31.4 Å². The van der Waals surface area contributed by atoms with Crippen LogP contribution in [0.4, 0.5) is 5.69 Å². The Kier molecular flexibility index (Phi) is 5.68. The van der Waals surface area contributed by atoms with Gasteiger partial charge in [0.2, 0.25) is 10.0 Å². The Morgan fingerprint density at radius 1 is 1.23 bits per heavy atom. The average Bonchev–Trinajstić information content (AvgIpc) is 2.68. The van der Waals surface area contributed by atoms with Crippen molar-refractivity contribution < 1.29 is 13.2 Å². The number of hydrogen-bond donors (Lipinski definition) is 1. The molecule has 1 aromatic carbocycles. The van der Waals surface area contributed by atoms with Crippen LogP contribution in [0.3, 0.4) is 0 Å². The molecular weight excluding hydrogens is 350 g/mol. The summed E-state index contributed by atoms with van der Waals surface area (Å²) in [6.45, 7) is 3.61. The van der Waals surface area contributed by atoms with Crippen LogP contribution < -0.4 is 9.62 Å². The first-order valence-corrected chi connectivity index (χ1v) is 10.2. The molecule has 1 aliphatic heterocycles. The van der Waals surface area contributed by atoms with E-state index in [1.807, 2.05) is 18.3 Å². The smallest absolute Gasteiger partial charge is 0.240 e. The first-order chi connectivity index (χ1) is 12.5. The minimum Gasteiger partial charge on any atom is -0.370 e. The van der Waals surface area contributed by atoms with Crippen LogP contribution in [0.15, 0.2) is 53.7 Å². The van der Waals surface area contributed by atoms with E-state index in [0.717, 1.165) is 31.6 Å². The van der Waals surface area contributed by atoms with Gasteiger partial charge >= 0.3 is 0 Å². The van der Waals surface area contributed by atoms with Crippen LogP contribution in [0.1, 0.15) is 30.1 Å². The minimum absolute atomic E-state index is 0.137. The highest BCUT2D eigenvalue weighted by Crippen LogP contribution is 2.22. The maximum Gasteiger partial charge on any atom is 0.240 e. The molecule has 1 N–H and O–H groups in total. The van der Waals surface area contributed by atoms with Crippen molar-refractivity contribution in [2.24, 2.45) is 5.92 Å². The quantitative estimate of drug-likeness (QED) is 0.787. The van der Waals surface area contributed by atoms with Gasteiger partial charge in [-0.3, -0.25) is 9.78 Å². The standard InChI is InChI=1S/C19H23N3O3S/c1-15(23)17-4-2-6-19(12-17)26(24,25)21-13-16-7-10-22(11-8-16)18-5-3-9-20-14-18/h2-6,9,12,14,16,21H,7-8,10-11,13H2,1H3. The molecule has 1 fully saturated rings.